The SMILES string of the molecule is COc1ccc(C23CCC(CO)(CC2)CC3)cc1F. The first kappa shape index (κ1) is 12.9. The molecule has 3 fully saturated rings. The van der Waals surface area contributed by atoms with Crippen molar-refractivity contribution in [3.05, 3.63) is 29.6 Å². The molecule has 0 atom stereocenters. The summed E-state index contributed by atoms with van der Waals surface area (Å²) in [6.07, 6.45) is 6.41. The van der Waals surface area contributed by atoms with Gasteiger partial charge in [-0.15, -0.1) is 0 Å². The minimum Gasteiger partial charge on any atom is -0.494 e. The molecule has 1 aromatic rings. The molecule has 0 aromatic heterocycles. The van der Waals surface area contributed by atoms with Crippen molar-refractivity contribution in [1.29, 1.82) is 0 Å². The van der Waals surface area contributed by atoms with E-state index in [1.165, 1.54) is 7.11 Å². The van der Waals surface area contributed by atoms with E-state index in [-0.39, 0.29) is 16.6 Å². The molecule has 1 aromatic carbocycles. The van der Waals surface area contributed by atoms with Gasteiger partial charge < -0.3 is 9.84 Å². The zero-order valence-electron chi connectivity index (χ0n) is 11.4. The molecule has 104 valence electrons. The maximum atomic E-state index is 13.9. The van der Waals surface area contributed by atoms with Crippen LogP contribution in [0.4, 0.5) is 4.39 Å². The maximum Gasteiger partial charge on any atom is 0.165 e. The lowest BCUT2D eigenvalue weighted by atomic mass is 9.52. The van der Waals surface area contributed by atoms with Crippen LogP contribution in [0.2, 0.25) is 0 Å². The van der Waals surface area contributed by atoms with Crippen LogP contribution >= 0.6 is 0 Å². The standard InChI is InChI=1S/C16H21FO2/c1-19-14-3-2-12(10-13(14)17)16-7-4-15(11-18,5-8-16)6-9-16/h2-3,10,18H,4-9,11H2,1H3. The van der Waals surface area contributed by atoms with Gasteiger partial charge in [-0.3, -0.25) is 0 Å². The number of fused-ring (bicyclic) bond motifs is 3. The fourth-order valence-corrected chi connectivity index (χ4v) is 3.93. The highest BCUT2D eigenvalue weighted by atomic mass is 19.1. The Hall–Kier alpha value is -1.09. The fraction of sp³-hybridized carbons (Fsp3) is 0.625. The molecule has 0 amide bonds. The summed E-state index contributed by atoms with van der Waals surface area (Å²) in [6, 6.07) is 5.40. The van der Waals surface area contributed by atoms with Crippen LogP contribution in [-0.4, -0.2) is 18.8 Å². The maximum absolute atomic E-state index is 13.9. The third kappa shape index (κ3) is 1.95. The number of aliphatic hydroxyl groups excluding tert-OH is 1. The van der Waals surface area contributed by atoms with Gasteiger partial charge in [0.05, 0.1) is 7.11 Å². The van der Waals surface area contributed by atoms with Gasteiger partial charge in [0, 0.05) is 6.61 Å². The molecule has 4 rings (SSSR count). The van der Waals surface area contributed by atoms with Crippen molar-refractivity contribution >= 4 is 0 Å². The van der Waals surface area contributed by atoms with Gasteiger partial charge in [0.1, 0.15) is 0 Å². The second-order valence-electron chi connectivity index (χ2n) is 6.29. The van der Waals surface area contributed by atoms with Crippen molar-refractivity contribution < 1.29 is 14.2 Å². The number of ether oxygens (including phenoxy) is 1. The predicted molar refractivity (Wildman–Crippen MR) is 71.9 cm³/mol. The van der Waals surface area contributed by atoms with Gasteiger partial charge in [-0.1, -0.05) is 6.07 Å². The van der Waals surface area contributed by atoms with E-state index in [1.807, 2.05) is 6.07 Å². The second-order valence-corrected chi connectivity index (χ2v) is 6.29. The Kier molecular flexibility index (Phi) is 3.05. The molecule has 19 heavy (non-hydrogen) atoms. The van der Waals surface area contributed by atoms with Crippen LogP contribution in [0.3, 0.4) is 0 Å². The van der Waals surface area contributed by atoms with Crippen LogP contribution in [0.15, 0.2) is 18.2 Å². The van der Waals surface area contributed by atoms with Gasteiger partial charge in [0.2, 0.25) is 0 Å². The fourth-order valence-electron chi connectivity index (χ4n) is 3.93. The zero-order valence-corrected chi connectivity index (χ0v) is 11.4. The van der Waals surface area contributed by atoms with Crippen LogP contribution in [0.25, 0.3) is 0 Å². The highest BCUT2D eigenvalue weighted by molar-refractivity contribution is 5.35. The van der Waals surface area contributed by atoms with E-state index >= 15 is 0 Å². The topological polar surface area (TPSA) is 29.5 Å². The molecule has 3 aliphatic rings. The monoisotopic (exact) mass is 264 g/mol. The zero-order chi connectivity index (χ0) is 13.5. The summed E-state index contributed by atoms with van der Waals surface area (Å²) in [5, 5.41) is 9.56. The quantitative estimate of drug-likeness (QED) is 0.906. The molecule has 3 saturated carbocycles. The van der Waals surface area contributed by atoms with E-state index in [2.05, 4.69) is 0 Å². The summed E-state index contributed by atoms with van der Waals surface area (Å²) in [6.45, 7) is 0.306. The number of benzene rings is 1. The van der Waals surface area contributed by atoms with Gasteiger partial charge >= 0.3 is 0 Å². The normalized spacial score (nSPS) is 33.4. The molecule has 0 spiro atoms. The molecule has 2 bridgehead atoms. The Bertz CT molecular complexity index is 459. The molecule has 0 aliphatic heterocycles. The van der Waals surface area contributed by atoms with E-state index in [9.17, 15) is 9.50 Å². The minimum atomic E-state index is -0.265. The van der Waals surface area contributed by atoms with Gasteiger partial charge in [-0.05, 0) is 67.1 Å². The summed E-state index contributed by atoms with van der Waals surface area (Å²) >= 11 is 0. The Morgan fingerprint density at radius 3 is 2.26 bits per heavy atom. The lowest BCUT2D eigenvalue weighted by Crippen LogP contribution is -2.45. The van der Waals surface area contributed by atoms with Crippen molar-refractivity contribution in [2.75, 3.05) is 13.7 Å². The van der Waals surface area contributed by atoms with Gasteiger partial charge in [-0.2, -0.15) is 0 Å². The number of hydrogen-bond acceptors (Lipinski definition) is 2. The van der Waals surface area contributed by atoms with E-state index < -0.39 is 0 Å². The summed E-state index contributed by atoms with van der Waals surface area (Å²) in [5.41, 5.74) is 1.40. The molecular formula is C16H21FO2. The van der Waals surface area contributed by atoms with Gasteiger partial charge in [-0.25, -0.2) is 4.39 Å². The van der Waals surface area contributed by atoms with Gasteiger partial charge in [0.25, 0.3) is 0 Å². The number of methoxy groups -OCH3 is 1. The average Bonchev–Trinajstić information content (AvgIpc) is 2.49. The average molecular weight is 264 g/mol. The summed E-state index contributed by atoms with van der Waals surface area (Å²) < 4.78 is 18.9. The lowest BCUT2D eigenvalue weighted by molar-refractivity contribution is -0.00698. The highest BCUT2D eigenvalue weighted by Crippen LogP contribution is 2.57. The predicted octanol–water partition coefficient (Wildman–Crippen LogP) is 3.42. The largest absolute Gasteiger partial charge is 0.494 e. The Morgan fingerprint density at radius 2 is 1.79 bits per heavy atom. The van der Waals surface area contributed by atoms with E-state index in [0.717, 1.165) is 44.1 Å². The van der Waals surface area contributed by atoms with E-state index in [1.54, 1.807) is 12.1 Å². The molecular weight excluding hydrogens is 243 g/mol. The van der Waals surface area contributed by atoms with Crippen molar-refractivity contribution in [3.8, 4) is 5.75 Å². The van der Waals surface area contributed by atoms with Gasteiger partial charge in [0.15, 0.2) is 11.6 Å². The summed E-state index contributed by atoms with van der Waals surface area (Å²) in [4.78, 5) is 0. The highest BCUT2D eigenvalue weighted by Gasteiger charge is 2.49. The molecule has 3 aliphatic carbocycles. The van der Waals surface area contributed by atoms with Crippen LogP contribution in [-0.2, 0) is 5.41 Å². The first-order valence-electron chi connectivity index (χ1n) is 7.08. The second kappa shape index (κ2) is 4.48. The Balaban J connectivity index is 1.89. The minimum absolute atomic E-state index is 0.129. The lowest BCUT2D eigenvalue weighted by Gasteiger charge is -2.53. The van der Waals surface area contributed by atoms with Crippen molar-refractivity contribution in [3.63, 3.8) is 0 Å². The van der Waals surface area contributed by atoms with Crippen molar-refractivity contribution in [2.45, 2.75) is 43.9 Å². The molecule has 0 saturated heterocycles. The molecule has 0 radical (unpaired) electrons. The Labute approximate surface area is 113 Å². The van der Waals surface area contributed by atoms with E-state index in [4.69, 9.17) is 4.74 Å². The van der Waals surface area contributed by atoms with Crippen LogP contribution in [0.5, 0.6) is 5.75 Å². The number of hydrogen-bond donors (Lipinski definition) is 1. The third-order valence-corrected chi connectivity index (χ3v) is 5.50. The van der Waals surface area contributed by atoms with Crippen molar-refractivity contribution in [1.82, 2.24) is 0 Å². The van der Waals surface area contributed by atoms with Crippen LogP contribution in [0.1, 0.15) is 44.1 Å². The molecule has 0 unspecified atom stereocenters. The summed E-state index contributed by atoms with van der Waals surface area (Å²) in [7, 11) is 1.49. The first-order chi connectivity index (χ1) is 9.13. The summed E-state index contributed by atoms with van der Waals surface area (Å²) in [5.74, 6) is 0.0513. The number of rotatable bonds is 3. The van der Waals surface area contributed by atoms with Crippen molar-refractivity contribution in [2.24, 2.45) is 5.41 Å². The molecule has 2 nitrogen and oxygen atoms in total. The van der Waals surface area contributed by atoms with Crippen LogP contribution in [0, 0.1) is 11.2 Å². The molecule has 0 heterocycles. The van der Waals surface area contributed by atoms with Crippen LogP contribution < -0.4 is 4.74 Å². The van der Waals surface area contributed by atoms with E-state index in [0.29, 0.717) is 12.4 Å². The molecule has 3 heteroatoms. The Morgan fingerprint density at radius 1 is 1.16 bits per heavy atom. The third-order valence-electron chi connectivity index (χ3n) is 5.50. The first-order valence-corrected chi connectivity index (χ1v) is 7.08. The smallest absolute Gasteiger partial charge is 0.165 e. The molecule has 1 N–H and O–H groups in total. The number of halogens is 1. The number of aliphatic hydroxyl groups is 1.